The summed E-state index contributed by atoms with van der Waals surface area (Å²) in [4.78, 5) is 13.5. The Morgan fingerprint density at radius 1 is 1.75 bits per heavy atom. The van der Waals surface area contributed by atoms with E-state index in [4.69, 9.17) is 11.6 Å². The third kappa shape index (κ3) is 2.12. The van der Waals surface area contributed by atoms with Crippen LogP contribution >= 0.6 is 11.6 Å². The summed E-state index contributed by atoms with van der Waals surface area (Å²) in [5.74, 6) is 0. The summed E-state index contributed by atoms with van der Waals surface area (Å²) < 4.78 is 1.28. The Bertz CT molecular complexity index is 321. The lowest BCUT2D eigenvalue weighted by Gasteiger charge is -2.17. The van der Waals surface area contributed by atoms with E-state index in [1.165, 1.54) is 10.8 Å². The summed E-state index contributed by atoms with van der Waals surface area (Å²) in [5, 5.41) is 9.71. The molecule has 0 saturated heterocycles. The van der Waals surface area contributed by atoms with Gasteiger partial charge in [0, 0.05) is 6.20 Å². The van der Waals surface area contributed by atoms with Crippen LogP contribution in [0, 0.1) is 0 Å². The van der Waals surface area contributed by atoms with E-state index in [0.29, 0.717) is 5.15 Å². The van der Waals surface area contributed by atoms with Crippen LogP contribution in [0.2, 0.25) is 5.15 Å². The highest BCUT2D eigenvalue weighted by Crippen LogP contribution is 2.09. The summed E-state index contributed by atoms with van der Waals surface area (Å²) in [6.45, 7) is 3.42. The van der Waals surface area contributed by atoms with E-state index in [1.807, 2.05) is 0 Å². The molecule has 4 nitrogen and oxygen atoms in total. The van der Waals surface area contributed by atoms with Crippen molar-refractivity contribution in [3.8, 4) is 0 Å². The minimum atomic E-state index is -0.935. The minimum absolute atomic E-state index is 0.189. The number of nitrogens with zero attached hydrogens (tertiary/aromatic N) is 1. The second-order valence-corrected chi connectivity index (χ2v) is 3.70. The van der Waals surface area contributed by atoms with E-state index in [9.17, 15) is 9.90 Å². The quantitative estimate of drug-likeness (QED) is 0.718. The lowest BCUT2D eigenvalue weighted by Crippen LogP contribution is -2.31. The van der Waals surface area contributed by atoms with Gasteiger partial charge in [0.15, 0.2) is 0 Å². The third-order valence-electron chi connectivity index (χ3n) is 1.36. The molecule has 5 heteroatoms. The fraction of sp³-hybridized carbons (Fsp3) is 0.571. The molecule has 68 valence electrons. The zero-order valence-corrected chi connectivity index (χ0v) is 7.72. The number of hydrogen-bond acceptors (Lipinski definition) is 2. The summed E-state index contributed by atoms with van der Waals surface area (Å²) in [6.07, 6.45) is 1.40. The molecular weight excluding hydrogens is 180 g/mol. The molecule has 0 aromatic carbocycles. The normalized spacial score (nSPS) is 12.0. The molecule has 0 aliphatic heterocycles. The van der Waals surface area contributed by atoms with E-state index >= 15 is 0 Å². The predicted molar refractivity (Wildman–Crippen MR) is 46.4 cm³/mol. The van der Waals surface area contributed by atoms with Crippen LogP contribution in [0.4, 0.5) is 0 Å². The van der Waals surface area contributed by atoms with Crippen molar-refractivity contribution in [2.45, 2.75) is 26.0 Å². The van der Waals surface area contributed by atoms with Crippen molar-refractivity contribution in [3.63, 3.8) is 0 Å². The van der Waals surface area contributed by atoms with Crippen molar-refractivity contribution >= 4 is 11.6 Å². The molecule has 0 fully saturated rings. The highest BCUT2D eigenvalue weighted by atomic mass is 35.5. The van der Waals surface area contributed by atoms with Gasteiger partial charge in [0.05, 0.1) is 12.1 Å². The van der Waals surface area contributed by atoms with Gasteiger partial charge in [0.2, 0.25) is 0 Å². The van der Waals surface area contributed by atoms with Crippen molar-refractivity contribution < 1.29 is 5.11 Å². The van der Waals surface area contributed by atoms with Gasteiger partial charge in [-0.3, -0.25) is 4.57 Å². The van der Waals surface area contributed by atoms with Crippen LogP contribution < -0.4 is 5.69 Å². The summed E-state index contributed by atoms with van der Waals surface area (Å²) in [6, 6.07) is 0. The molecule has 1 heterocycles. The standard InChI is InChI=1S/C7H11ClN2O2/c1-7(2,12)4-10-5(8)3-9-6(10)11/h3,12H,4H2,1-2H3,(H,9,11). The Hall–Kier alpha value is -0.740. The first-order valence-corrected chi connectivity index (χ1v) is 3.94. The molecule has 1 rings (SSSR count). The monoisotopic (exact) mass is 190 g/mol. The number of rotatable bonds is 2. The van der Waals surface area contributed by atoms with E-state index in [2.05, 4.69) is 4.98 Å². The van der Waals surface area contributed by atoms with Crippen LogP contribution in [0.3, 0.4) is 0 Å². The molecule has 0 spiro atoms. The van der Waals surface area contributed by atoms with Crippen LogP contribution in [-0.4, -0.2) is 20.3 Å². The van der Waals surface area contributed by atoms with E-state index < -0.39 is 5.60 Å². The van der Waals surface area contributed by atoms with Crippen LogP contribution in [0.25, 0.3) is 0 Å². The van der Waals surface area contributed by atoms with Crippen molar-refractivity contribution in [2.24, 2.45) is 0 Å². The zero-order chi connectivity index (χ0) is 9.35. The Kier molecular flexibility index (Phi) is 2.30. The van der Waals surface area contributed by atoms with Gasteiger partial charge in [-0.2, -0.15) is 0 Å². The van der Waals surface area contributed by atoms with Gasteiger partial charge in [0.1, 0.15) is 5.15 Å². The Morgan fingerprint density at radius 2 is 2.33 bits per heavy atom. The van der Waals surface area contributed by atoms with Gasteiger partial charge in [-0.05, 0) is 13.8 Å². The van der Waals surface area contributed by atoms with Crippen LogP contribution in [0.15, 0.2) is 11.0 Å². The van der Waals surface area contributed by atoms with Crippen molar-refractivity contribution in [1.29, 1.82) is 0 Å². The first-order valence-electron chi connectivity index (χ1n) is 3.56. The number of halogens is 1. The Morgan fingerprint density at radius 3 is 2.67 bits per heavy atom. The maximum atomic E-state index is 11.0. The van der Waals surface area contributed by atoms with Crippen LogP contribution in [0.5, 0.6) is 0 Å². The number of H-pyrrole nitrogens is 1. The molecule has 0 unspecified atom stereocenters. The molecule has 12 heavy (non-hydrogen) atoms. The van der Waals surface area contributed by atoms with Crippen molar-refractivity contribution in [1.82, 2.24) is 9.55 Å². The van der Waals surface area contributed by atoms with Gasteiger partial charge in [-0.25, -0.2) is 4.79 Å². The lowest BCUT2D eigenvalue weighted by atomic mass is 10.1. The number of aromatic nitrogens is 2. The lowest BCUT2D eigenvalue weighted by molar-refractivity contribution is 0.0606. The topological polar surface area (TPSA) is 58.0 Å². The Balaban J connectivity index is 2.96. The average molecular weight is 191 g/mol. The number of aromatic amines is 1. The molecule has 0 amide bonds. The summed E-state index contributed by atoms with van der Waals surface area (Å²) >= 11 is 5.67. The minimum Gasteiger partial charge on any atom is -0.389 e. The first kappa shape index (κ1) is 9.35. The molecule has 0 saturated carbocycles. The smallest absolute Gasteiger partial charge is 0.326 e. The van der Waals surface area contributed by atoms with Crippen LogP contribution in [-0.2, 0) is 6.54 Å². The van der Waals surface area contributed by atoms with E-state index in [-0.39, 0.29) is 12.2 Å². The highest BCUT2D eigenvalue weighted by Gasteiger charge is 2.16. The number of imidazole rings is 1. The number of aliphatic hydroxyl groups is 1. The third-order valence-corrected chi connectivity index (χ3v) is 1.68. The Labute approximate surface area is 74.8 Å². The van der Waals surface area contributed by atoms with E-state index in [1.54, 1.807) is 13.8 Å². The maximum absolute atomic E-state index is 11.0. The first-order chi connectivity index (χ1) is 5.40. The van der Waals surface area contributed by atoms with Crippen molar-refractivity contribution in [3.05, 3.63) is 21.8 Å². The summed E-state index contributed by atoms with van der Waals surface area (Å²) in [5.41, 5.74) is -1.24. The molecule has 0 aliphatic carbocycles. The molecule has 2 N–H and O–H groups in total. The molecule has 1 aromatic rings. The maximum Gasteiger partial charge on any atom is 0.326 e. The molecule has 0 atom stereocenters. The largest absolute Gasteiger partial charge is 0.389 e. The highest BCUT2D eigenvalue weighted by molar-refractivity contribution is 6.29. The molecular formula is C7H11ClN2O2. The second-order valence-electron chi connectivity index (χ2n) is 3.32. The van der Waals surface area contributed by atoms with Gasteiger partial charge >= 0.3 is 5.69 Å². The van der Waals surface area contributed by atoms with Gasteiger partial charge < -0.3 is 10.1 Å². The number of nitrogens with one attached hydrogen (secondary N) is 1. The van der Waals surface area contributed by atoms with Gasteiger partial charge in [0.25, 0.3) is 0 Å². The van der Waals surface area contributed by atoms with E-state index in [0.717, 1.165) is 0 Å². The van der Waals surface area contributed by atoms with Crippen LogP contribution in [0.1, 0.15) is 13.8 Å². The number of hydrogen-bond donors (Lipinski definition) is 2. The predicted octanol–water partition coefficient (Wildman–Crippen LogP) is 0.601. The average Bonchev–Trinajstić information content (AvgIpc) is 2.16. The zero-order valence-electron chi connectivity index (χ0n) is 6.97. The molecule has 0 aliphatic rings. The second kappa shape index (κ2) is 2.95. The molecule has 1 aromatic heterocycles. The SMILES string of the molecule is CC(C)(O)Cn1c(Cl)c[nH]c1=O. The van der Waals surface area contributed by atoms with Crippen molar-refractivity contribution in [2.75, 3.05) is 0 Å². The molecule has 0 bridgehead atoms. The summed E-state index contributed by atoms with van der Waals surface area (Å²) in [7, 11) is 0. The fourth-order valence-electron chi connectivity index (χ4n) is 0.908. The van der Waals surface area contributed by atoms with Gasteiger partial charge in [-0.15, -0.1) is 0 Å². The van der Waals surface area contributed by atoms with Gasteiger partial charge in [-0.1, -0.05) is 11.6 Å². The fourth-order valence-corrected chi connectivity index (χ4v) is 1.10. The molecule has 0 radical (unpaired) electrons.